The van der Waals surface area contributed by atoms with Crippen LogP contribution >= 0.6 is 11.6 Å². The van der Waals surface area contributed by atoms with Crippen molar-refractivity contribution in [3.8, 4) is 0 Å². The third kappa shape index (κ3) is 4.34. The van der Waals surface area contributed by atoms with Crippen LogP contribution in [0.2, 0.25) is 5.02 Å². The lowest BCUT2D eigenvalue weighted by Crippen LogP contribution is -2.53. The van der Waals surface area contributed by atoms with Crippen LogP contribution in [0.15, 0.2) is 42.9 Å². The number of benzene rings is 1. The molecular formula is C21H24ClN5O2. The van der Waals surface area contributed by atoms with E-state index in [4.69, 9.17) is 11.6 Å². The molecule has 1 aromatic heterocycles. The fourth-order valence-corrected chi connectivity index (χ4v) is 4.32. The number of anilines is 1. The summed E-state index contributed by atoms with van der Waals surface area (Å²) >= 11 is 6.31. The van der Waals surface area contributed by atoms with Crippen LogP contribution in [-0.4, -0.2) is 70.9 Å². The number of rotatable bonds is 3. The zero-order chi connectivity index (χ0) is 20.2. The first-order chi connectivity index (χ1) is 14.1. The molecule has 0 aliphatic carbocycles. The predicted octanol–water partition coefficient (Wildman–Crippen LogP) is 2.33. The molecule has 3 heterocycles. The Morgan fingerprint density at radius 1 is 1.00 bits per heavy atom. The Kier molecular flexibility index (Phi) is 5.94. The minimum absolute atomic E-state index is 0.139. The molecule has 0 unspecified atom stereocenters. The minimum atomic E-state index is -0.156. The molecule has 2 aliphatic heterocycles. The van der Waals surface area contributed by atoms with Gasteiger partial charge in [-0.25, -0.2) is 4.98 Å². The quantitative estimate of drug-likeness (QED) is 0.772. The minimum Gasteiger partial charge on any atom is -0.367 e. The van der Waals surface area contributed by atoms with Gasteiger partial charge >= 0.3 is 0 Å². The highest BCUT2D eigenvalue weighted by molar-refractivity contribution is 6.33. The van der Waals surface area contributed by atoms with Gasteiger partial charge in [0.1, 0.15) is 5.69 Å². The average molecular weight is 414 g/mol. The number of nitrogens with zero attached hydrogens (tertiary/aromatic N) is 5. The van der Waals surface area contributed by atoms with Crippen molar-refractivity contribution in [2.75, 3.05) is 44.2 Å². The molecule has 8 heteroatoms. The smallest absolute Gasteiger partial charge is 0.274 e. The fourth-order valence-electron chi connectivity index (χ4n) is 4.07. The summed E-state index contributed by atoms with van der Waals surface area (Å²) in [4.78, 5) is 39.7. The van der Waals surface area contributed by atoms with Gasteiger partial charge in [0.25, 0.3) is 5.91 Å². The molecule has 152 valence electrons. The van der Waals surface area contributed by atoms with Crippen molar-refractivity contribution in [2.24, 2.45) is 5.92 Å². The molecule has 1 aromatic carbocycles. The predicted molar refractivity (Wildman–Crippen MR) is 111 cm³/mol. The van der Waals surface area contributed by atoms with E-state index in [0.717, 1.165) is 36.6 Å². The van der Waals surface area contributed by atoms with Gasteiger partial charge in [-0.15, -0.1) is 0 Å². The van der Waals surface area contributed by atoms with Gasteiger partial charge < -0.3 is 14.7 Å². The van der Waals surface area contributed by atoms with Gasteiger partial charge in [-0.2, -0.15) is 0 Å². The first-order valence-electron chi connectivity index (χ1n) is 9.97. The van der Waals surface area contributed by atoms with E-state index in [-0.39, 0.29) is 17.7 Å². The third-order valence-electron chi connectivity index (χ3n) is 5.62. The number of carbonyl (C=O) groups is 2. The highest BCUT2D eigenvalue weighted by Crippen LogP contribution is 2.27. The molecular weight excluding hydrogens is 390 g/mol. The van der Waals surface area contributed by atoms with E-state index in [0.29, 0.717) is 31.9 Å². The second-order valence-corrected chi connectivity index (χ2v) is 7.85. The van der Waals surface area contributed by atoms with Crippen LogP contribution in [0.5, 0.6) is 0 Å². The van der Waals surface area contributed by atoms with E-state index in [1.165, 1.54) is 12.4 Å². The maximum absolute atomic E-state index is 13.1. The lowest BCUT2D eigenvalue weighted by Gasteiger charge is -2.39. The molecule has 29 heavy (non-hydrogen) atoms. The van der Waals surface area contributed by atoms with E-state index >= 15 is 0 Å². The van der Waals surface area contributed by atoms with Crippen molar-refractivity contribution in [1.82, 2.24) is 19.8 Å². The summed E-state index contributed by atoms with van der Waals surface area (Å²) in [5.74, 6) is -0.171. The summed E-state index contributed by atoms with van der Waals surface area (Å²) in [6.07, 6.45) is 6.16. The van der Waals surface area contributed by atoms with Crippen LogP contribution in [0, 0.1) is 5.92 Å². The summed E-state index contributed by atoms with van der Waals surface area (Å²) in [5, 5.41) is 0.734. The molecule has 1 atom stereocenters. The fraction of sp³-hybridized carbons (Fsp3) is 0.429. The molecule has 7 nitrogen and oxygen atoms in total. The highest BCUT2D eigenvalue weighted by atomic mass is 35.5. The van der Waals surface area contributed by atoms with Crippen LogP contribution in [0.3, 0.4) is 0 Å². The molecule has 0 N–H and O–H groups in total. The zero-order valence-electron chi connectivity index (χ0n) is 16.2. The molecule has 2 aliphatic rings. The van der Waals surface area contributed by atoms with Gasteiger partial charge in [0.05, 0.1) is 22.8 Å². The maximum Gasteiger partial charge on any atom is 0.274 e. The normalized spacial score (nSPS) is 19.9. The number of hydrogen-bond donors (Lipinski definition) is 0. The molecule has 0 saturated carbocycles. The second kappa shape index (κ2) is 8.78. The van der Waals surface area contributed by atoms with Crippen molar-refractivity contribution in [3.05, 3.63) is 53.6 Å². The van der Waals surface area contributed by atoms with Crippen molar-refractivity contribution < 1.29 is 9.59 Å². The SMILES string of the molecule is O=C(c1cnccn1)N1CCC[C@@H](C(=O)N2CCN(c3ccccc3Cl)CC2)C1. The summed E-state index contributed by atoms with van der Waals surface area (Å²) in [7, 11) is 0. The van der Waals surface area contributed by atoms with Gasteiger partial charge in [-0.05, 0) is 25.0 Å². The number of para-hydroxylation sites is 1. The number of halogens is 1. The van der Waals surface area contributed by atoms with Gasteiger partial charge in [0.2, 0.25) is 5.91 Å². The molecule has 2 saturated heterocycles. The number of likely N-dealkylation sites (tertiary alicyclic amines) is 1. The van der Waals surface area contributed by atoms with Gasteiger partial charge in [-0.3, -0.25) is 14.6 Å². The van der Waals surface area contributed by atoms with E-state index < -0.39 is 0 Å². The maximum atomic E-state index is 13.1. The monoisotopic (exact) mass is 413 g/mol. The lowest BCUT2D eigenvalue weighted by molar-refractivity contribution is -0.137. The standard InChI is InChI=1S/C21H24ClN5O2/c22-17-5-1-2-6-19(17)25-10-12-26(13-11-25)20(28)16-4-3-9-27(15-16)21(29)18-14-23-7-8-24-18/h1-2,5-8,14,16H,3-4,9-13,15H2/t16-/m1/s1. The molecule has 0 bridgehead atoms. The van der Waals surface area contributed by atoms with Crippen molar-refractivity contribution in [3.63, 3.8) is 0 Å². The van der Waals surface area contributed by atoms with Gasteiger partial charge in [0.15, 0.2) is 0 Å². The van der Waals surface area contributed by atoms with Crippen LogP contribution in [0.25, 0.3) is 0 Å². The number of aromatic nitrogens is 2. The Bertz CT molecular complexity index is 870. The van der Waals surface area contributed by atoms with Gasteiger partial charge in [0, 0.05) is 51.7 Å². The molecule has 2 amide bonds. The zero-order valence-corrected chi connectivity index (χ0v) is 17.0. The van der Waals surface area contributed by atoms with E-state index in [2.05, 4.69) is 14.9 Å². The molecule has 2 fully saturated rings. The summed E-state index contributed by atoms with van der Waals surface area (Å²) < 4.78 is 0. The molecule has 2 aromatic rings. The summed E-state index contributed by atoms with van der Waals surface area (Å²) in [6, 6.07) is 7.79. The van der Waals surface area contributed by atoms with E-state index in [9.17, 15) is 9.59 Å². The Labute approximate surface area is 175 Å². The Hall–Kier alpha value is -2.67. The first kappa shape index (κ1) is 19.6. The Morgan fingerprint density at radius 3 is 2.52 bits per heavy atom. The number of carbonyl (C=O) groups excluding carboxylic acids is 2. The number of piperidine rings is 1. The van der Waals surface area contributed by atoms with E-state index in [1.807, 2.05) is 29.2 Å². The summed E-state index contributed by atoms with van der Waals surface area (Å²) in [5.41, 5.74) is 1.34. The highest BCUT2D eigenvalue weighted by Gasteiger charge is 2.33. The first-order valence-corrected chi connectivity index (χ1v) is 10.3. The average Bonchev–Trinajstić information content (AvgIpc) is 2.79. The Balaban J connectivity index is 1.35. The molecule has 4 rings (SSSR count). The second-order valence-electron chi connectivity index (χ2n) is 7.44. The van der Waals surface area contributed by atoms with Crippen molar-refractivity contribution in [2.45, 2.75) is 12.8 Å². The molecule has 0 radical (unpaired) electrons. The largest absolute Gasteiger partial charge is 0.367 e. The van der Waals surface area contributed by atoms with Crippen LogP contribution in [0.4, 0.5) is 5.69 Å². The van der Waals surface area contributed by atoms with Crippen LogP contribution in [-0.2, 0) is 4.79 Å². The van der Waals surface area contributed by atoms with Gasteiger partial charge in [-0.1, -0.05) is 23.7 Å². The van der Waals surface area contributed by atoms with Crippen molar-refractivity contribution in [1.29, 1.82) is 0 Å². The number of hydrogen-bond acceptors (Lipinski definition) is 5. The van der Waals surface area contributed by atoms with Crippen LogP contribution in [0.1, 0.15) is 23.3 Å². The van der Waals surface area contributed by atoms with E-state index in [1.54, 1.807) is 11.1 Å². The molecule has 0 spiro atoms. The topological polar surface area (TPSA) is 69.6 Å². The lowest BCUT2D eigenvalue weighted by atomic mass is 9.96. The van der Waals surface area contributed by atoms with Crippen molar-refractivity contribution >= 4 is 29.1 Å². The number of piperazine rings is 1. The Morgan fingerprint density at radius 2 is 1.79 bits per heavy atom. The summed E-state index contributed by atoms with van der Waals surface area (Å²) in [6.45, 7) is 3.94. The van der Waals surface area contributed by atoms with Crippen LogP contribution < -0.4 is 4.90 Å². The number of amides is 2. The third-order valence-corrected chi connectivity index (χ3v) is 5.94.